The molecule has 2 aromatic rings. The van der Waals surface area contributed by atoms with Crippen molar-refractivity contribution in [1.29, 1.82) is 0 Å². The zero-order chi connectivity index (χ0) is 27.0. The fraction of sp³-hybridized carbons (Fsp3) is 0.345. The Kier molecular flexibility index (Phi) is 7.14. The fourth-order valence-electron chi connectivity index (χ4n) is 5.94. The van der Waals surface area contributed by atoms with Crippen LogP contribution < -0.4 is 0 Å². The highest BCUT2D eigenvalue weighted by Gasteiger charge is 2.58. The summed E-state index contributed by atoms with van der Waals surface area (Å²) >= 11 is 0. The number of halogens is 1. The Morgan fingerprint density at radius 3 is 2.61 bits per heavy atom. The monoisotopic (exact) mass is 521 g/mol. The summed E-state index contributed by atoms with van der Waals surface area (Å²) in [5.74, 6) is -4.20. The van der Waals surface area contributed by atoms with Crippen LogP contribution in [-0.2, 0) is 19.1 Å². The van der Waals surface area contributed by atoms with Crippen molar-refractivity contribution in [2.75, 3.05) is 20.3 Å². The van der Waals surface area contributed by atoms with Gasteiger partial charge in [0.15, 0.2) is 11.6 Å². The Bertz CT molecular complexity index is 1340. The largest absolute Gasteiger partial charge is 0.505 e. The van der Waals surface area contributed by atoms with Gasteiger partial charge in [-0.05, 0) is 59.2 Å². The van der Waals surface area contributed by atoms with E-state index in [9.17, 15) is 29.0 Å². The minimum absolute atomic E-state index is 0.180. The van der Waals surface area contributed by atoms with Gasteiger partial charge >= 0.3 is 6.09 Å². The summed E-state index contributed by atoms with van der Waals surface area (Å²) in [6, 6.07) is 13.8. The molecule has 0 spiro atoms. The number of imide groups is 3. The molecule has 9 heteroatoms. The normalized spacial score (nSPS) is 25.0. The van der Waals surface area contributed by atoms with Crippen molar-refractivity contribution in [3.8, 4) is 5.75 Å². The minimum Gasteiger partial charge on any atom is -0.505 e. The first-order valence-corrected chi connectivity index (χ1v) is 12.5. The van der Waals surface area contributed by atoms with Crippen molar-refractivity contribution in [3.63, 3.8) is 0 Å². The number of aromatic hydroxyl groups is 1. The second-order valence-electron chi connectivity index (χ2n) is 9.75. The second-order valence-corrected chi connectivity index (χ2v) is 9.75. The van der Waals surface area contributed by atoms with Crippen LogP contribution in [0.3, 0.4) is 0 Å². The summed E-state index contributed by atoms with van der Waals surface area (Å²) in [4.78, 5) is 38.7. The van der Waals surface area contributed by atoms with E-state index in [0.29, 0.717) is 28.9 Å². The summed E-state index contributed by atoms with van der Waals surface area (Å²) in [5.41, 5.74) is 3.95. The number of likely N-dealkylation sites (tertiary alicyclic amines) is 1. The molecule has 38 heavy (non-hydrogen) atoms. The number of phenolic OH excluding ortho intramolecular Hbond substituents is 1. The van der Waals surface area contributed by atoms with Crippen molar-refractivity contribution in [1.82, 2.24) is 4.90 Å². The topological polar surface area (TPSA) is 113 Å². The molecule has 0 saturated carbocycles. The molecule has 0 bridgehead atoms. The van der Waals surface area contributed by atoms with Crippen LogP contribution in [0.1, 0.15) is 30.4 Å². The molecule has 4 atom stereocenters. The number of nitrogens with zero attached hydrogens (tertiary/aromatic N) is 1. The molecule has 3 aliphatic rings. The van der Waals surface area contributed by atoms with Crippen molar-refractivity contribution in [2.24, 2.45) is 17.8 Å². The number of benzene rings is 2. The SMILES string of the molecule is COC(=O)N1C(=O)[C@@H]2[C@@H](CC(CO)=C3[C@@H](CC/C(=C/c4ccc(O)c(F)c4)c4ccccc4)OC[C@@H]32)C1=O. The lowest BCUT2D eigenvalue weighted by Gasteiger charge is -2.31. The van der Waals surface area contributed by atoms with E-state index in [1.165, 1.54) is 12.1 Å². The molecule has 2 heterocycles. The molecule has 198 valence electrons. The number of aliphatic hydroxyl groups excluding tert-OH is 1. The van der Waals surface area contributed by atoms with Crippen molar-refractivity contribution in [3.05, 3.63) is 76.6 Å². The number of methoxy groups -OCH3 is 1. The van der Waals surface area contributed by atoms with E-state index >= 15 is 0 Å². The van der Waals surface area contributed by atoms with E-state index < -0.39 is 47.2 Å². The predicted molar refractivity (Wildman–Crippen MR) is 135 cm³/mol. The number of rotatable bonds is 6. The van der Waals surface area contributed by atoms with E-state index in [0.717, 1.165) is 23.8 Å². The van der Waals surface area contributed by atoms with Crippen LogP contribution in [0.25, 0.3) is 11.6 Å². The third kappa shape index (κ3) is 4.52. The Hall–Kier alpha value is -3.82. The van der Waals surface area contributed by atoms with Gasteiger partial charge in [0.1, 0.15) is 0 Å². The third-order valence-electron chi connectivity index (χ3n) is 7.69. The zero-order valence-corrected chi connectivity index (χ0v) is 20.8. The molecule has 0 aromatic heterocycles. The summed E-state index contributed by atoms with van der Waals surface area (Å²) in [6.45, 7) is -0.0744. The van der Waals surface area contributed by atoms with Crippen LogP contribution in [0.15, 0.2) is 59.7 Å². The lowest BCUT2D eigenvalue weighted by molar-refractivity contribution is -0.137. The molecule has 3 amide bonds. The summed E-state index contributed by atoms with van der Waals surface area (Å²) in [6.07, 6.45) is 1.72. The number of allylic oxidation sites excluding steroid dienone is 1. The number of phenols is 1. The lowest BCUT2D eigenvalue weighted by atomic mass is 9.69. The number of aliphatic hydroxyl groups is 1. The molecule has 0 unspecified atom stereocenters. The van der Waals surface area contributed by atoms with Gasteiger partial charge in [-0.2, -0.15) is 4.90 Å². The van der Waals surface area contributed by atoms with Crippen molar-refractivity contribution >= 4 is 29.6 Å². The van der Waals surface area contributed by atoms with Gasteiger partial charge in [-0.3, -0.25) is 9.59 Å². The number of fused-ring (bicyclic) bond motifs is 3. The first-order chi connectivity index (χ1) is 18.3. The second kappa shape index (κ2) is 10.5. The summed E-state index contributed by atoms with van der Waals surface area (Å²) in [5, 5.41) is 19.7. The lowest BCUT2D eigenvalue weighted by Crippen LogP contribution is -2.38. The summed E-state index contributed by atoms with van der Waals surface area (Å²) < 4.78 is 24.8. The van der Waals surface area contributed by atoms with Gasteiger partial charge in [-0.1, -0.05) is 42.5 Å². The van der Waals surface area contributed by atoms with Crippen LogP contribution in [0.4, 0.5) is 9.18 Å². The first-order valence-electron chi connectivity index (χ1n) is 12.5. The Balaban J connectivity index is 1.41. The fourth-order valence-corrected chi connectivity index (χ4v) is 5.94. The van der Waals surface area contributed by atoms with E-state index in [1.54, 1.807) is 6.07 Å². The van der Waals surface area contributed by atoms with Crippen molar-refractivity contribution < 1.29 is 38.5 Å². The predicted octanol–water partition coefficient (Wildman–Crippen LogP) is 3.93. The van der Waals surface area contributed by atoms with Gasteiger partial charge in [0.05, 0.1) is 38.3 Å². The Labute approximate surface area is 219 Å². The number of ether oxygens (including phenoxy) is 2. The number of amides is 3. The molecule has 8 nitrogen and oxygen atoms in total. The van der Waals surface area contributed by atoms with E-state index in [4.69, 9.17) is 4.74 Å². The molecule has 2 N–H and O–H groups in total. The average Bonchev–Trinajstić information content (AvgIpc) is 3.46. The van der Waals surface area contributed by atoms with Gasteiger partial charge < -0.3 is 19.7 Å². The van der Waals surface area contributed by atoms with Gasteiger partial charge in [0.25, 0.3) is 0 Å². The molecule has 1 aliphatic carbocycles. The van der Waals surface area contributed by atoms with Gasteiger partial charge in [0, 0.05) is 5.92 Å². The molecule has 2 aliphatic heterocycles. The molecule has 2 saturated heterocycles. The molecular weight excluding hydrogens is 493 g/mol. The van der Waals surface area contributed by atoms with Gasteiger partial charge in [-0.15, -0.1) is 0 Å². The maximum absolute atomic E-state index is 14.0. The first kappa shape index (κ1) is 25.8. The number of carbonyl (C=O) groups is 3. The molecule has 0 radical (unpaired) electrons. The van der Waals surface area contributed by atoms with Gasteiger partial charge in [-0.25, -0.2) is 9.18 Å². The highest BCUT2D eigenvalue weighted by Crippen LogP contribution is 2.50. The summed E-state index contributed by atoms with van der Waals surface area (Å²) in [7, 11) is 1.12. The minimum atomic E-state index is -1.000. The molecule has 5 rings (SSSR count). The highest BCUT2D eigenvalue weighted by molar-refractivity contribution is 6.16. The van der Waals surface area contributed by atoms with Crippen LogP contribution in [0.5, 0.6) is 5.75 Å². The number of carbonyl (C=O) groups excluding carboxylic acids is 3. The number of hydrogen-bond donors (Lipinski definition) is 2. The molecule has 2 aromatic carbocycles. The van der Waals surface area contributed by atoms with Crippen LogP contribution in [0.2, 0.25) is 0 Å². The quantitative estimate of drug-likeness (QED) is 0.336. The van der Waals surface area contributed by atoms with E-state index in [2.05, 4.69) is 4.74 Å². The standard InChI is InChI=1S/C29H28FNO7/c1-37-29(36)31-27(34)20-13-19(14-32)25-21(26(20)28(31)35)15-38-24(25)10-8-18(17-5-3-2-4-6-17)11-16-7-9-23(33)22(30)12-16/h2-7,9,11-12,20-21,24,26,32-33H,8,10,13-15H2,1H3/b18-11-/t20-,21+,24-,26-/m1/s1. The molecule has 2 fully saturated rings. The van der Waals surface area contributed by atoms with Crippen molar-refractivity contribution in [2.45, 2.75) is 25.4 Å². The van der Waals surface area contributed by atoms with Crippen LogP contribution >= 0.6 is 0 Å². The highest BCUT2D eigenvalue weighted by atomic mass is 19.1. The third-order valence-corrected chi connectivity index (χ3v) is 7.69. The smallest absolute Gasteiger partial charge is 0.423 e. The zero-order valence-electron chi connectivity index (χ0n) is 20.8. The Morgan fingerprint density at radius 1 is 1.16 bits per heavy atom. The average molecular weight is 522 g/mol. The number of hydrogen-bond acceptors (Lipinski definition) is 7. The van der Waals surface area contributed by atoms with Gasteiger partial charge in [0.2, 0.25) is 11.8 Å². The van der Waals surface area contributed by atoms with E-state index in [-0.39, 0.29) is 25.7 Å². The Morgan fingerprint density at radius 2 is 1.92 bits per heavy atom. The van der Waals surface area contributed by atoms with E-state index in [1.807, 2.05) is 36.4 Å². The van der Waals surface area contributed by atoms with Crippen LogP contribution in [0, 0.1) is 23.6 Å². The maximum Gasteiger partial charge on any atom is 0.423 e. The van der Waals surface area contributed by atoms with Crippen LogP contribution in [-0.4, -0.2) is 59.4 Å². The molecular formula is C29H28FNO7. The maximum atomic E-state index is 14.0.